The summed E-state index contributed by atoms with van der Waals surface area (Å²) in [5.74, 6) is -1.10. The van der Waals surface area contributed by atoms with Crippen LogP contribution < -0.4 is 14.8 Å². The first-order valence-corrected chi connectivity index (χ1v) is 11.5. The molecule has 2 aromatic carbocycles. The number of anilines is 3. The first kappa shape index (κ1) is 22.3. The number of fused-ring (bicyclic) bond motifs is 1. The van der Waals surface area contributed by atoms with E-state index < -0.39 is 21.7 Å². The maximum absolute atomic E-state index is 14.1. The van der Waals surface area contributed by atoms with E-state index in [-0.39, 0.29) is 23.0 Å². The highest BCUT2D eigenvalue weighted by Crippen LogP contribution is 2.32. The maximum atomic E-state index is 14.1. The molecule has 0 aliphatic rings. The molecule has 0 unspecified atom stereocenters. The van der Waals surface area contributed by atoms with Gasteiger partial charge in [-0.1, -0.05) is 6.07 Å². The number of aromatic nitrogens is 3. The molecule has 33 heavy (non-hydrogen) atoms. The quantitative estimate of drug-likeness (QED) is 0.409. The van der Waals surface area contributed by atoms with Crippen LogP contribution in [0.5, 0.6) is 5.88 Å². The molecule has 11 heteroatoms. The van der Waals surface area contributed by atoms with E-state index in [4.69, 9.17) is 4.74 Å². The topological polar surface area (TPSA) is 106 Å². The number of ether oxygens (including phenoxy) is 1. The summed E-state index contributed by atoms with van der Waals surface area (Å²) >= 11 is 0. The van der Waals surface area contributed by atoms with Gasteiger partial charge in [0.25, 0.3) is 0 Å². The molecule has 0 spiro atoms. The van der Waals surface area contributed by atoms with Crippen LogP contribution in [0, 0.1) is 11.6 Å². The van der Waals surface area contributed by atoms with Crippen LogP contribution in [0.3, 0.4) is 0 Å². The van der Waals surface area contributed by atoms with Crippen molar-refractivity contribution >= 4 is 38.1 Å². The summed E-state index contributed by atoms with van der Waals surface area (Å²) in [6.45, 7) is 1.52. The Kier molecular flexibility index (Phi) is 6.05. The van der Waals surface area contributed by atoms with E-state index in [0.29, 0.717) is 27.8 Å². The fourth-order valence-electron chi connectivity index (χ4n) is 3.14. The molecule has 0 aliphatic heterocycles. The molecule has 0 fully saturated rings. The fraction of sp³-hybridized carbons (Fsp3) is 0.136. The largest absolute Gasteiger partial charge is 0.480 e. The summed E-state index contributed by atoms with van der Waals surface area (Å²) in [6.07, 6.45) is 2.87. The molecule has 0 radical (unpaired) electrons. The molecule has 2 N–H and O–H groups in total. The normalized spacial score (nSPS) is 11.4. The molecule has 2 aromatic heterocycles. The lowest BCUT2D eigenvalue weighted by Gasteiger charge is -2.13. The zero-order valence-corrected chi connectivity index (χ0v) is 18.5. The Balaban J connectivity index is 1.77. The van der Waals surface area contributed by atoms with Crippen molar-refractivity contribution in [2.75, 3.05) is 22.9 Å². The fourth-order valence-corrected chi connectivity index (χ4v) is 3.77. The molecule has 0 saturated heterocycles. The molecular weight excluding hydrogens is 452 g/mol. The van der Waals surface area contributed by atoms with Crippen molar-refractivity contribution in [3.63, 3.8) is 0 Å². The summed E-state index contributed by atoms with van der Waals surface area (Å²) in [6, 6.07) is 10.1. The molecule has 0 saturated carbocycles. The van der Waals surface area contributed by atoms with Crippen molar-refractivity contribution in [2.45, 2.75) is 6.92 Å². The summed E-state index contributed by atoms with van der Waals surface area (Å²) < 4.78 is 59.1. The summed E-state index contributed by atoms with van der Waals surface area (Å²) in [5, 5.41) is 3.44. The van der Waals surface area contributed by atoms with Gasteiger partial charge in [-0.3, -0.25) is 4.72 Å². The number of benzene rings is 2. The second kappa shape index (κ2) is 8.94. The second-order valence-electron chi connectivity index (χ2n) is 6.99. The van der Waals surface area contributed by atoms with Gasteiger partial charge in [0, 0.05) is 23.2 Å². The van der Waals surface area contributed by atoms with E-state index in [9.17, 15) is 17.2 Å². The number of rotatable bonds is 7. The highest BCUT2D eigenvalue weighted by Gasteiger charge is 2.15. The van der Waals surface area contributed by atoms with E-state index in [1.807, 2.05) is 0 Å². The predicted octanol–water partition coefficient (Wildman–Crippen LogP) is 4.48. The molecule has 8 nitrogen and oxygen atoms in total. The van der Waals surface area contributed by atoms with Crippen LogP contribution in [0.15, 0.2) is 55.0 Å². The van der Waals surface area contributed by atoms with Crippen molar-refractivity contribution in [3.05, 3.63) is 66.6 Å². The molecule has 0 amide bonds. The lowest BCUT2D eigenvalue weighted by Crippen LogP contribution is -2.15. The first-order chi connectivity index (χ1) is 15.8. The standard InChI is InChI=1S/C22H19F2N5O3S/c1-3-33(30,31)29-20-9-14(11-25-22(20)32-2)13-4-6-18-16(8-13)21(27-12-26-18)28-19-7-5-15(23)10-17(19)24/h4-12,29H,3H2,1-2H3,(H,26,27,28). The van der Waals surface area contributed by atoms with E-state index >= 15 is 0 Å². The monoisotopic (exact) mass is 471 g/mol. The van der Waals surface area contributed by atoms with E-state index in [2.05, 4.69) is 25.0 Å². The number of nitrogens with zero attached hydrogens (tertiary/aromatic N) is 3. The molecule has 0 aliphatic carbocycles. The minimum absolute atomic E-state index is 0.0594. The Bertz CT molecular complexity index is 1450. The van der Waals surface area contributed by atoms with Gasteiger partial charge in [0.2, 0.25) is 15.9 Å². The minimum atomic E-state index is -3.55. The zero-order valence-electron chi connectivity index (χ0n) is 17.6. The van der Waals surface area contributed by atoms with Gasteiger partial charge in [0.05, 0.1) is 24.1 Å². The number of hydrogen-bond acceptors (Lipinski definition) is 7. The van der Waals surface area contributed by atoms with Crippen molar-refractivity contribution in [1.29, 1.82) is 0 Å². The molecule has 4 aromatic rings. The third kappa shape index (κ3) is 4.82. The van der Waals surface area contributed by atoms with E-state index in [1.54, 1.807) is 30.5 Å². The molecule has 170 valence electrons. The third-order valence-corrected chi connectivity index (χ3v) is 6.13. The van der Waals surface area contributed by atoms with Crippen LogP contribution in [-0.4, -0.2) is 36.2 Å². The summed E-state index contributed by atoms with van der Waals surface area (Å²) in [7, 11) is -2.15. The van der Waals surface area contributed by atoms with Gasteiger partial charge in [0.1, 0.15) is 29.5 Å². The van der Waals surface area contributed by atoms with E-state index in [0.717, 1.165) is 12.1 Å². The Morgan fingerprint density at radius 1 is 0.970 bits per heavy atom. The average Bonchev–Trinajstić information content (AvgIpc) is 2.80. The van der Waals surface area contributed by atoms with Crippen LogP contribution in [-0.2, 0) is 10.0 Å². The van der Waals surface area contributed by atoms with Gasteiger partial charge in [-0.25, -0.2) is 32.2 Å². The predicted molar refractivity (Wildman–Crippen MR) is 122 cm³/mol. The van der Waals surface area contributed by atoms with Crippen LogP contribution in [0.25, 0.3) is 22.0 Å². The number of pyridine rings is 1. The number of nitrogens with one attached hydrogen (secondary N) is 2. The molecule has 2 heterocycles. The van der Waals surface area contributed by atoms with Gasteiger partial charge in [-0.05, 0) is 42.8 Å². The Morgan fingerprint density at radius 3 is 2.52 bits per heavy atom. The van der Waals surface area contributed by atoms with Crippen LogP contribution >= 0.6 is 0 Å². The highest BCUT2D eigenvalue weighted by atomic mass is 32.2. The van der Waals surface area contributed by atoms with Gasteiger partial charge < -0.3 is 10.1 Å². The zero-order chi connectivity index (χ0) is 23.6. The lowest BCUT2D eigenvalue weighted by atomic mass is 10.0. The summed E-state index contributed by atoms with van der Waals surface area (Å²) in [4.78, 5) is 12.6. The highest BCUT2D eigenvalue weighted by molar-refractivity contribution is 7.92. The Hall–Kier alpha value is -3.86. The number of sulfonamides is 1. The smallest absolute Gasteiger partial charge is 0.238 e. The maximum Gasteiger partial charge on any atom is 0.238 e. The second-order valence-corrected chi connectivity index (χ2v) is 9.00. The average molecular weight is 471 g/mol. The Labute approximate surface area is 188 Å². The summed E-state index contributed by atoms with van der Waals surface area (Å²) in [5.41, 5.74) is 2.14. The number of halogens is 2. The molecule has 0 bridgehead atoms. The molecule has 4 rings (SSSR count). The van der Waals surface area contributed by atoms with Crippen molar-refractivity contribution in [2.24, 2.45) is 0 Å². The third-order valence-electron chi connectivity index (χ3n) is 4.84. The SMILES string of the molecule is CCS(=O)(=O)Nc1cc(-c2ccc3ncnc(Nc4ccc(F)cc4F)c3c2)cnc1OC. The van der Waals surface area contributed by atoms with Crippen LogP contribution in [0.1, 0.15) is 6.92 Å². The lowest BCUT2D eigenvalue weighted by molar-refractivity contribution is 0.400. The van der Waals surface area contributed by atoms with Gasteiger partial charge >= 0.3 is 0 Å². The van der Waals surface area contributed by atoms with Gasteiger partial charge in [-0.15, -0.1) is 0 Å². The minimum Gasteiger partial charge on any atom is -0.480 e. The number of hydrogen-bond donors (Lipinski definition) is 2. The van der Waals surface area contributed by atoms with Crippen molar-refractivity contribution in [3.8, 4) is 17.0 Å². The van der Waals surface area contributed by atoms with E-state index in [1.165, 1.54) is 26.4 Å². The van der Waals surface area contributed by atoms with Crippen LogP contribution in [0.2, 0.25) is 0 Å². The number of methoxy groups -OCH3 is 1. The molecular formula is C22H19F2N5O3S. The van der Waals surface area contributed by atoms with Crippen molar-refractivity contribution < 1.29 is 21.9 Å². The molecule has 0 atom stereocenters. The van der Waals surface area contributed by atoms with Crippen molar-refractivity contribution in [1.82, 2.24) is 15.0 Å². The van der Waals surface area contributed by atoms with Crippen LogP contribution in [0.4, 0.5) is 26.0 Å². The van der Waals surface area contributed by atoms with Gasteiger partial charge in [-0.2, -0.15) is 0 Å². The van der Waals surface area contributed by atoms with Gasteiger partial charge in [0.15, 0.2) is 0 Å². The Morgan fingerprint density at radius 2 is 1.79 bits per heavy atom. The first-order valence-electron chi connectivity index (χ1n) is 9.81.